The molecule has 0 spiro atoms. The zero-order valence-corrected chi connectivity index (χ0v) is 17.3. The Kier molecular flexibility index (Phi) is 4.93. The average molecular weight is 385 g/mol. The predicted molar refractivity (Wildman–Crippen MR) is 120 cm³/mol. The SMILES string of the molecule is CN(N=CC1=[N+](C)c2ccccc2C1(C)C)c1ccc(Oc2ccccc2)cc1. The van der Waals surface area contributed by atoms with Crippen LogP contribution in [-0.2, 0) is 5.41 Å². The largest absolute Gasteiger partial charge is 0.457 e. The van der Waals surface area contributed by atoms with Crippen molar-refractivity contribution in [2.75, 3.05) is 19.1 Å². The van der Waals surface area contributed by atoms with Gasteiger partial charge in [0.05, 0.1) is 11.1 Å². The molecule has 4 nitrogen and oxygen atoms in total. The Bertz CT molecular complexity index is 1070. The Labute approximate surface area is 172 Å². The fourth-order valence-corrected chi connectivity index (χ4v) is 3.79. The molecule has 0 aromatic heterocycles. The fourth-order valence-electron chi connectivity index (χ4n) is 3.79. The first kappa shape index (κ1) is 18.9. The van der Waals surface area contributed by atoms with Crippen LogP contribution in [-0.4, -0.2) is 30.6 Å². The molecule has 0 amide bonds. The second-order valence-corrected chi connectivity index (χ2v) is 7.76. The highest BCUT2D eigenvalue weighted by Gasteiger charge is 2.43. The maximum absolute atomic E-state index is 5.86. The van der Waals surface area contributed by atoms with E-state index in [1.165, 1.54) is 17.0 Å². The summed E-state index contributed by atoms with van der Waals surface area (Å²) in [5, 5.41) is 6.59. The van der Waals surface area contributed by atoms with Gasteiger partial charge in [0.2, 0.25) is 11.4 Å². The molecule has 1 aliphatic rings. The number of nitrogens with zero attached hydrogens (tertiary/aromatic N) is 3. The number of hydrogen-bond donors (Lipinski definition) is 0. The van der Waals surface area contributed by atoms with Crippen LogP contribution in [0.25, 0.3) is 0 Å². The Hall–Kier alpha value is -3.40. The highest BCUT2D eigenvalue weighted by molar-refractivity contribution is 6.33. The third-order valence-corrected chi connectivity index (χ3v) is 5.48. The summed E-state index contributed by atoms with van der Waals surface area (Å²) in [7, 11) is 4.06. The van der Waals surface area contributed by atoms with Crippen LogP contribution in [0, 0.1) is 0 Å². The molecule has 0 radical (unpaired) electrons. The van der Waals surface area contributed by atoms with Crippen LogP contribution < -0.4 is 9.75 Å². The third-order valence-electron chi connectivity index (χ3n) is 5.48. The zero-order valence-electron chi connectivity index (χ0n) is 17.3. The second-order valence-electron chi connectivity index (χ2n) is 7.76. The summed E-state index contributed by atoms with van der Waals surface area (Å²) in [4.78, 5) is 0. The van der Waals surface area contributed by atoms with Gasteiger partial charge in [-0.15, -0.1) is 0 Å². The molecule has 0 saturated carbocycles. The molecule has 4 rings (SSSR count). The van der Waals surface area contributed by atoms with E-state index in [1.54, 1.807) is 0 Å². The minimum absolute atomic E-state index is 0.0803. The van der Waals surface area contributed by atoms with Gasteiger partial charge < -0.3 is 4.74 Å². The summed E-state index contributed by atoms with van der Waals surface area (Å²) in [6, 6.07) is 26.3. The number of hydrazone groups is 1. The maximum atomic E-state index is 5.86. The van der Waals surface area contributed by atoms with Crippen molar-refractivity contribution in [3.63, 3.8) is 0 Å². The number of rotatable bonds is 5. The van der Waals surface area contributed by atoms with E-state index in [4.69, 9.17) is 9.84 Å². The lowest BCUT2D eigenvalue weighted by atomic mass is 9.82. The first-order valence-corrected chi connectivity index (χ1v) is 9.78. The van der Waals surface area contributed by atoms with Crippen molar-refractivity contribution in [2.45, 2.75) is 19.3 Å². The molecule has 4 heteroatoms. The summed E-state index contributed by atoms with van der Waals surface area (Å²) in [6.45, 7) is 4.48. The summed E-state index contributed by atoms with van der Waals surface area (Å²) < 4.78 is 8.09. The average Bonchev–Trinajstić information content (AvgIpc) is 2.93. The zero-order chi connectivity index (χ0) is 20.4. The van der Waals surface area contributed by atoms with Gasteiger partial charge in [-0.2, -0.15) is 9.68 Å². The van der Waals surface area contributed by atoms with Crippen molar-refractivity contribution >= 4 is 23.3 Å². The number of ether oxygens (including phenoxy) is 1. The van der Waals surface area contributed by atoms with Gasteiger partial charge in [0, 0.05) is 18.7 Å². The van der Waals surface area contributed by atoms with E-state index < -0.39 is 0 Å². The Morgan fingerprint density at radius 3 is 2.17 bits per heavy atom. The van der Waals surface area contributed by atoms with Crippen LogP contribution in [0.15, 0.2) is 84.0 Å². The number of anilines is 1. The number of benzene rings is 3. The van der Waals surface area contributed by atoms with Gasteiger partial charge in [0.15, 0.2) is 0 Å². The fraction of sp³-hybridized carbons (Fsp3) is 0.200. The van der Waals surface area contributed by atoms with Gasteiger partial charge in [-0.3, -0.25) is 5.01 Å². The molecule has 0 aliphatic carbocycles. The van der Waals surface area contributed by atoms with Gasteiger partial charge in [0.1, 0.15) is 24.8 Å². The van der Waals surface area contributed by atoms with Gasteiger partial charge in [-0.1, -0.05) is 36.4 Å². The predicted octanol–water partition coefficient (Wildman–Crippen LogP) is 5.61. The van der Waals surface area contributed by atoms with Gasteiger partial charge in [-0.25, -0.2) is 0 Å². The third kappa shape index (κ3) is 3.66. The summed E-state index contributed by atoms with van der Waals surface area (Å²) >= 11 is 0. The Balaban J connectivity index is 1.50. The quantitative estimate of drug-likeness (QED) is 0.325. The van der Waals surface area contributed by atoms with Crippen molar-refractivity contribution < 1.29 is 9.31 Å². The minimum Gasteiger partial charge on any atom is -0.457 e. The van der Waals surface area contributed by atoms with E-state index in [0.29, 0.717) is 0 Å². The molecule has 0 N–H and O–H groups in total. The van der Waals surface area contributed by atoms with Crippen LogP contribution in [0.1, 0.15) is 19.4 Å². The second kappa shape index (κ2) is 7.55. The van der Waals surface area contributed by atoms with Gasteiger partial charge in [-0.05, 0) is 50.2 Å². The van der Waals surface area contributed by atoms with Gasteiger partial charge >= 0.3 is 0 Å². The first-order chi connectivity index (χ1) is 14.0. The van der Waals surface area contributed by atoms with Crippen molar-refractivity contribution in [1.29, 1.82) is 0 Å². The summed E-state index contributed by atoms with van der Waals surface area (Å²) in [5.41, 5.74) is 4.66. The van der Waals surface area contributed by atoms with Crippen LogP contribution in [0.5, 0.6) is 11.5 Å². The van der Waals surface area contributed by atoms with E-state index in [2.05, 4.69) is 49.7 Å². The maximum Gasteiger partial charge on any atom is 0.212 e. The Morgan fingerprint density at radius 1 is 0.862 bits per heavy atom. The van der Waals surface area contributed by atoms with E-state index in [9.17, 15) is 0 Å². The smallest absolute Gasteiger partial charge is 0.212 e. The number of fused-ring (bicyclic) bond motifs is 1. The molecule has 0 bridgehead atoms. The molecule has 3 aromatic carbocycles. The van der Waals surface area contributed by atoms with Crippen LogP contribution in [0.3, 0.4) is 0 Å². The topological polar surface area (TPSA) is 27.8 Å². The van der Waals surface area contributed by atoms with Crippen molar-refractivity contribution in [2.24, 2.45) is 5.10 Å². The number of hydrogen-bond acceptors (Lipinski definition) is 3. The van der Waals surface area contributed by atoms with Gasteiger partial charge in [0.25, 0.3) is 0 Å². The highest BCUT2D eigenvalue weighted by Crippen LogP contribution is 2.38. The van der Waals surface area contributed by atoms with E-state index in [0.717, 1.165) is 17.2 Å². The van der Waals surface area contributed by atoms with Crippen LogP contribution >= 0.6 is 0 Å². The highest BCUT2D eigenvalue weighted by atomic mass is 16.5. The molecule has 0 atom stereocenters. The molecule has 0 unspecified atom stereocenters. The molecular formula is C25H26N3O+. The van der Waals surface area contributed by atoms with Crippen molar-refractivity contribution in [3.8, 4) is 11.5 Å². The molecule has 146 valence electrons. The van der Waals surface area contributed by atoms with Crippen LogP contribution in [0.4, 0.5) is 11.4 Å². The van der Waals surface area contributed by atoms with Crippen LogP contribution in [0.2, 0.25) is 0 Å². The van der Waals surface area contributed by atoms with E-state index in [1.807, 2.05) is 72.9 Å². The molecule has 0 saturated heterocycles. The summed E-state index contributed by atoms with van der Waals surface area (Å²) in [5.74, 6) is 1.63. The van der Waals surface area contributed by atoms with Crippen molar-refractivity contribution in [3.05, 3.63) is 84.4 Å². The minimum atomic E-state index is -0.0803. The molecular weight excluding hydrogens is 358 g/mol. The molecule has 1 heterocycles. The van der Waals surface area contributed by atoms with E-state index in [-0.39, 0.29) is 5.41 Å². The molecule has 0 fully saturated rings. The normalized spacial score (nSPS) is 14.9. The lowest BCUT2D eigenvalue weighted by molar-refractivity contribution is -0.400. The monoisotopic (exact) mass is 384 g/mol. The number of para-hydroxylation sites is 2. The van der Waals surface area contributed by atoms with Crippen molar-refractivity contribution in [1.82, 2.24) is 0 Å². The lowest BCUT2D eigenvalue weighted by Crippen LogP contribution is -2.30. The van der Waals surface area contributed by atoms with E-state index >= 15 is 0 Å². The standard InChI is InChI=1S/C25H26N3O/c1-25(2)22-12-8-9-13-23(22)27(3)24(25)18-26-28(4)19-14-16-21(17-15-19)29-20-10-6-5-7-11-20/h5-18H,1-4H3/q+1. The summed E-state index contributed by atoms with van der Waals surface area (Å²) in [6.07, 6.45) is 1.97. The Morgan fingerprint density at radius 2 is 1.48 bits per heavy atom. The molecule has 1 aliphatic heterocycles. The molecule has 3 aromatic rings. The first-order valence-electron chi connectivity index (χ1n) is 9.78. The lowest BCUT2D eigenvalue weighted by Gasteiger charge is -2.17. The molecule has 29 heavy (non-hydrogen) atoms.